The predicted octanol–water partition coefficient (Wildman–Crippen LogP) is 7.97. The monoisotopic (exact) mass is 386 g/mol. The number of benzene rings is 1. The number of hydrogen-bond acceptors (Lipinski definition) is 1. The molecule has 1 aliphatic rings. The van der Waals surface area contributed by atoms with Gasteiger partial charge < -0.3 is 5.11 Å². The molecule has 2 unspecified atom stereocenters. The van der Waals surface area contributed by atoms with Gasteiger partial charge in [0.15, 0.2) is 0 Å². The van der Waals surface area contributed by atoms with Crippen LogP contribution >= 0.6 is 0 Å². The summed E-state index contributed by atoms with van der Waals surface area (Å²) in [4.78, 5) is 11.5. The Hall–Kier alpha value is -1.31. The van der Waals surface area contributed by atoms with Crippen LogP contribution in [0.5, 0.6) is 0 Å². The van der Waals surface area contributed by atoms with Crippen LogP contribution in [0.3, 0.4) is 0 Å². The van der Waals surface area contributed by atoms with Gasteiger partial charge in [0.1, 0.15) is 0 Å². The molecule has 2 heteroatoms. The Morgan fingerprint density at radius 3 is 2.18 bits per heavy atom. The molecule has 0 heterocycles. The Kier molecular flexibility index (Phi) is 10.1. The first-order valence-corrected chi connectivity index (χ1v) is 11.9. The summed E-state index contributed by atoms with van der Waals surface area (Å²) in [6, 6.07) is 10.8. The highest BCUT2D eigenvalue weighted by Crippen LogP contribution is 2.54. The highest BCUT2D eigenvalue weighted by molar-refractivity contribution is 5.67. The fourth-order valence-electron chi connectivity index (χ4n) is 5.75. The van der Waals surface area contributed by atoms with Crippen molar-refractivity contribution in [3.05, 3.63) is 35.9 Å². The van der Waals surface area contributed by atoms with Crippen LogP contribution in [-0.2, 0) is 4.79 Å². The first-order valence-electron chi connectivity index (χ1n) is 11.9. The Morgan fingerprint density at radius 2 is 1.57 bits per heavy atom. The van der Waals surface area contributed by atoms with Crippen LogP contribution in [-0.4, -0.2) is 11.1 Å². The lowest BCUT2D eigenvalue weighted by atomic mass is 9.57. The third kappa shape index (κ3) is 6.94. The largest absolute Gasteiger partial charge is 0.481 e. The third-order valence-electron chi connectivity index (χ3n) is 7.01. The molecule has 28 heavy (non-hydrogen) atoms. The fraction of sp³-hybridized carbons (Fsp3) is 0.731. The van der Waals surface area contributed by atoms with E-state index in [1.807, 2.05) is 0 Å². The molecule has 2 nitrogen and oxygen atoms in total. The van der Waals surface area contributed by atoms with Gasteiger partial charge in [-0.05, 0) is 42.1 Å². The zero-order valence-corrected chi connectivity index (χ0v) is 18.3. The number of carboxylic acids is 1. The normalized spacial score (nSPS) is 18.5. The van der Waals surface area contributed by atoms with Gasteiger partial charge in [-0.15, -0.1) is 0 Å². The smallest absolute Gasteiger partial charge is 0.303 e. The molecule has 0 amide bonds. The second-order valence-corrected chi connectivity index (χ2v) is 9.26. The molecule has 1 N–H and O–H groups in total. The first-order chi connectivity index (χ1) is 13.6. The van der Waals surface area contributed by atoms with Crippen LogP contribution in [0.2, 0.25) is 0 Å². The lowest BCUT2D eigenvalue weighted by Gasteiger charge is -2.47. The summed E-state index contributed by atoms with van der Waals surface area (Å²) in [5, 5.41) is 9.48. The van der Waals surface area contributed by atoms with Crippen LogP contribution in [0.1, 0.15) is 115 Å². The molecule has 2 rings (SSSR count). The van der Waals surface area contributed by atoms with Crippen molar-refractivity contribution < 1.29 is 9.90 Å². The predicted molar refractivity (Wildman–Crippen MR) is 119 cm³/mol. The Morgan fingerprint density at radius 1 is 0.964 bits per heavy atom. The van der Waals surface area contributed by atoms with Crippen molar-refractivity contribution in [2.75, 3.05) is 0 Å². The Bertz CT molecular complexity index is 545. The van der Waals surface area contributed by atoms with Gasteiger partial charge in [0.05, 0.1) is 0 Å². The van der Waals surface area contributed by atoms with Crippen LogP contribution in [0.4, 0.5) is 0 Å². The third-order valence-corrected chi connectivity index (χ3v) is 7.01. The number of unbranched alkanes of at least 4 members (excludes halogenated alkanes) is 6. The van der Waals surface area contributed by atoms with Gasteiger partial charge in [0.2, 0.25) is 0 Å². The van der Waals surface area contributed by atoms with E-state index in [2.05, 4.69) is 44.2 Å². The Balaban J connectivity index is 2.11. The quantitative estimate of drug-likeness (QED) is 0.349. The zero-order chi connectivity index (χ0) is 20.2. The summed E-state index contributed by atoms with van der Waals surface area (Å²) in [5.41, 5.74) is 1.65. The minimum absolute atomic E-state index is 0.183. The van der Waals surface area contributed by atoms with E-state index in [1.54, 1.807) is 0 Å². The van der Waals surface area contributed by atoms with E-state index >= 15 is 0 Å². The van der Waals surface area contributed by atoms with Gasteiger partial charge in [-0.3, -0.25) is 4.79 Å². The van der Waals surface area contributed by atoms with Gasteiger partial charge in [-0.25, -0.2) is 0 Å². The standard InChI is InChI=1S/C26H42O2/c1-3-4-5-6-7-8-13-18-26(19-14-10-15-20-26)25(22(2)21-24(27)28)23-16-11-9-12-17-23/h9,11-12,16-17,22,25H,3-8,10,13-15,18-21H2,1-2H3,(H,27,28). The van der Waals surface area contributed by atoms with E-state index in [9.17, 15) is 9.90 Å². The van der Waals surface area contributed by atoms with E-state index in [0.717, 1.165) is 0 Å². The molecule has 1 aromatic carbocycles. The van der Waals surface area contributed by atoms with Crippen LogP contribution in [0.25, 0.3) is 0 Å². The van der Waals surface area contributed by atoms with Crippen molar-refractivity contribution >= 4 is 5.97 Å². The minimum Gasteiger partial charge on any atom is -0.481 e. The van der Waals surface area contributed by atoms with Crippen LogP contribution in [0.15, 0.2) is 30.3 Å². The molecule has 1 fully saturated rings. The van der Waals surface area contributed by atoms with Gasteiger partial charge in [-0.1, -0.05) is 108 Å². The van der Waals surface area contributed by atoms with Crippen molar-refractivity contribution in [3.8, 4) is 0 Å². The summed E-state index contributed by atoms with van der Waals surface area (Å²) in [7, 11) is 0. The van der Waals surface area contributed by atoms with E-state index in [4.69, 9.17) is 0 Å². The van der Waals surface area contributed by atoms with Gasteiger partial charge in [-0.2, -0.15) is 0 Å². The van der Waals surface area contributed by atoms with Crippen molar-refractivity contribution in [2.45, 2.75) is 110 Å². The number of hydrogen-bond donors (Lipinski definition) is 1. The number of rotatable bonds is 13. The van der Waals surface area contributed by atoms with Crippen LogP contribution < -0.4 is 0 Å². The maximum Gasteiger partial charge on any atom is 0.303 e. The molecule has 2 atom stereocenters. The first kappa shape index (κ1) is 23.0. The molecule has 0 saturated heterocycles. The number of carboxylic acid groups (broad SMARTS) is 1. The second kappa shape index (κ2) is 12.3. The van der Waals surface area contributed by atoms with Crippen molar-refractivity contribution in [2.24, 2.45) is 11.3 Å². The van der Waals surface area contributed by atoms with Gasteiger partial charge in [0.25, 0.3) is 0 Å². The van der Waals surface area contributed by atoms with E-state index in [1.165, 1.54) is 89.0 Å². The number of carbonyl (C=O) groups is 1. The molecule has 0 bridgehead atoms. The van der Waals surface area contributed by atoms with E-state index in [0.29, 0.717) is 5.92 Å². The molecular weight excluding hydrogens is 344 g/mol. The summed E-state index contributed by atoms with van der Waals surface area (Å²) in [6.45, 7) is 4.45. The van der Waals surface area contributed by atoms with Gasteiger partial charge in [0, 0.05) is 6.42 Å². The summed E-state index contributed by atoms with van der Waals surface area (Å²) >= 11 is 0. The van der Waals surface area contributed by atoms with E-state index in [-0.39, 0.29) is 17.8 Å². The zero-order valence-electron chi connectivity index (χ0n) is 18.3. The SMILES string of the molecule is CCCCCCCCCC1(C(c2ccccc2)C(C)CC(=O)O)CCCCC1. The molecular formula is C26H42O2. The average Bonchev–Trinajstić information content (AvgIpc) is 2.68. The molecule has 1 aliphatic carbocycles. The highest BCUT2D eigenvalue weighted by atomic mass is 16.4. The lowest BCUT2D eigenvalue weighted by molar-refractivity contribution is -0.138. The molecule has 0 radical (unpaired) electrons. The van der Waals surface area contributed by atoms with Crippen molar-refractivity contribution in [1.82, 2.24) is 0 Å². The van der Waals surface area contributed by atoms with E-state index < -0.39 is 5.97 Å². The minimum atomic E-state index is -0.657. The summed E-state index contributed by atoms with van der Waals surface area (Å²) in [6.07, 6.45) is 17.5. The highest BCUT2D eigenvalue weighted by Gasteiger charge is 2.42. The molecule has 0 spiro atoms. The molecule has 158 valence electrons. The molecule has 0 aromatic heterocycles. The fourth-order valence-corrected chi connectivity index (χ4v) is 5.75. The molecule has 0 aliphatic heterocycles. The van der Waals surface area contributed by atoms with Crippen molar-refractivity contribution in [3.63, 3.8) is 0 Å². The second-order valence-electron chi connectivity index (χ2n) is 9.26. The maximum absolute atomic E-state index is 11.5. The topological polar surface area (TPSA) is 37.3 Å². The maximum atomic E-state index is 11.5. The summed E-state index contributed by atoms with van der Waals surface area (Å²) in [5.74, 6) is -0.108. The van der Waals surface area contributed by atoms with Crippen LogP contribution in [0, 0.1) is 11.3 Å². The molecule has 1 saturated carbocycles. The Labute approximate surface area is 173 Å². The van der Waals surface area contributed by atoms with Crippen molar-refractivity contribution in [1.29, 1.82) is 0 Å². The lowest BCUT2D eigenvalue weighted by Crippen LogP contribution is -2.36. The van der Waals surface area contributed by atoms with Gasteiger partial charge >= 0.3 is 5.97 Å². The summed E-state index contributed by atoms with van der Waals surface area (Å²) < 4.78 is 0. The number of aliphatic carboxylic acids is 1. The average molecular weight is 387 g/mol. The molecule has 1 aromatic rings.